The minimum Gasteiger partial charge on any atom is -0.337 e. The summed E-state index contributed by atoms with van der Waals surface area (Å²) in [6.45, 7) is 5.40. The van der Waals surface area contributed by atoms with Crippen molar-refractivity contribution in [2.24, 2.45) is 0 Å². The van der Waals surface area contributed by atoms with Crippen LogP contribution in [0.3, 0.4) is 0 Å². The van der Waals surface area contributed by atoms with E-state index >= 15 is 0 Å². The summed E-state index contributed by atoms with van der Waals surface area (Å²) in [4.78, 5) is 2.36. The van der Waals surface area contributed by atoms with Crippen LogP contribution < -0.4 is 4.90 Å². The average molecular weight is 249 g/mol. The molecular formula is C18H19N. The number of rotatable bonds is 2. The fraction of sp³-hybridized carbons (Fsp3) is 0.222. The molecule has 0 bridgehead atoms. The van der Waals surface area contributed by atoms with E-state index in [4.69, 9.17) is 0 Å². The summed E-state index contributed by atoms with van der Waals surface area (Å²) in [7, 11) is 0. The maximum absolute atomic E-state index is 2.36. The molecule has 0 atom stereocenters. The summed E-state index contributed by atoms with van der Waals surface area (Å²) in [6.07, 6.45) is 4.42. The first kappa shape index (κ1) is 12.0. The molecule has 1 aliphatic rings. The van der Waals surface area contributed by atoms with Gasteiger partial charge in [-0.15, -0.1) is 0 Å². The molecule has 19 heavy (non-hydrogen) atoms. The van der Waals surface area contributed by atoms with Gasteiger partial charge < -0.3 is 4.90 Å². The van der Waals surface area contributed by atoms with Crippen LogP contribution in [0, 0.1) is 0 Å². The lowest BCUT2D eigenvalue weighted by Gasteiger charge is -2.28. The van der Waals surface area contributed by atoms with Crippen LogP contribution in [0.25, 0.3) is 6.08 Å². The monoisotopic (exact) mass is 249 g/mol. The summed E-state index contributed by atoms with van der Waals surface area (Å²) in [5.74, 6) is 0.586. The third-order valence-electron chi connectivity index (χ3n) is 3.68. The lowest BCUT2D eigenvalue weighted by molar-refractivity contribution is 0.866. The highest BCUT2D eigenvalue weighted by Gasteiger charge is 2.14. The molecule has 2 aromatic carbocycles. The van der Waals surface area contributed by atoms with E-state index in [2.05, 4.69) is 79.4 Å². The van der Waals surface area contributed by atoms with Crippen molar-refractivity contribution >= 4 is 17.5 Å². The zero-order valence-electron chi connectivity index (χ0n) is 11.5. The molecule has 3 rings (SSSR count). The Labute approximate surface area is 115 Å². The van der Waals surface area contributed by atoms with Gasteiger partial charge in [0.15, 0.2) is 0 Å². The molecule has 1 heterocycles. The van der Waals surface area contributed by atoms with Crippen molar-refractivity contribution in [1.82, 2.24) is 0 Å². The maximum Gasteiger partial charge on any atom is 0.0487 e. The topological polar surface area (TPSA) is 3.24 Å². The molecule has 1 heteroatoms. The standard InChI is InChI=1S/C18H19N/c1-14(2)15-9-11-17(12-10-15)19-13-5-7-16-6-3-4-8-18(16)19/h3-12,14H,13H2,1-2H3. The van der Waals surface area contributed by atoms with E-state index in [9.17, 15) is 0 Å². The number of para-hydroxylation sites is 1. The second-order valence-corrected chi connectivity index (χ2v) is 5.32. The van der Waals surface area contributed by atoms with Gasteiger partial charge in [-0.3, -0.25) is 0 Å². The Morgan fingerprint density at radius 2 is 1.68 bits per heavy atom. The van der Waals surface area contributed by atoms with Crippen molar-refractivity contribution < 1.29 is 0 Å². The van der Waals surface area contributed by atoms with Gasteiger partial charge in [-0.1, -0.05) is 56.3 Å². The van der Waals surface area contributed by atoms with E-state index in [0.29, 0.717) is 5.92 Å². The zero-order valence-corrected chi connectivity index (χ0v) is 11.5. The van der Waals surface area contributed by atoms with E-state index in [1.807, 2.05) is 0 Å². The van der Waals surface area contributed by atoms with Crippen LogP contribution in [-0.2, 0) is 0 Å². The Morgan fingerprint density at radius 1 is 0.947 bits per heavy atom. The summed E-state index contributed by atoms with van der Waals surface area (Å²) in [5.41, 5.74) is 5.25. The highest BCUT2D eigenvalue weighted by atomic mass is 15.1. The fourth-order valence-corrected chi connectivity index (χ4v) is 2.54. The predicted molar refractivity (Wildman–Crippen MR) is 83.0 cm³/mol. The number of fused-ring (bicyclic) bond motifs is 1. The first-order valence-electron chi connectivity index (χ1n) is 6.89. The van der Waals surface area contributed by atoms with E-state index in [0.717, 1.165) is 6.54 Å². The Kier molecular flexibility index (Phi) is 3.12. The molecule has 2 aromatic rings. The molecule has 0 unspecified atom stereocenters. The van der Waals surface area contributed by atoms with Crippen molar-refractivity contribution in [3.63, 3.8) is 0 Å². The van der Waals surface area contributed by atoms with E-state index < -0.39 is 0 Å². The molecule has 0 fully saturated rings. The van der Waals surface area contributed by atoms with Crippen LogP contribution in [0.4, 0.5) is 11.4 Å². The van der Waals surface area contributed by atoms with Gasteiger partial charge in [0.25, 0.3) is 0 Å². The zero-order chi connectivity index (χ0) is 13.2. The minimum absolute atomic E-state index is 0.586. The minimum atomic E-state index is 0.586. The van der Waals surface area contributed by atoms with E-state index in [1.54, 1.807) is 0 Å². The van der Waals surface area contributed by atoms with Gasteiger partial charge >= 0.3 is 0 Å². The van der Waals surface area contributed by atoms with E-state index in [1.165, 1.54) is 22.5 Å². The largest absolute Gasteiger partial charge is 0.337 e. The smallest absolute Gasteiger partial charge is 0.0487 e. The van der Waals surface area contributed by atoms with Crippen LogP contribution in [-0.4, -0.2) is 6.54 Å². The molecule has 0 aromatic heterocycles. The van der Waals surface area contributed by atoms with Gasteiger partial charge in [0.1, 0.15) is 0 Å². The van der Waals surface area contributed by atoms with Crippen molar-refractivity contribution in [2.75, 3.05) is 11.4 Å². The van der Waals surface area contributed by atoms with E-state index in [-0.39, 0.29) is 0 Å². The van der Waals surface area contributed by atoms with Crippen molar-refractivity contribution in [3.05, 3.63) is 65.7 Å². The number of hydrogen-bond acceptors (Lipinski definition) is 1. The molecule has 0 aliphatic carbocycles. The van der Waals surface area contributed by atoms with Crippen LogP contribution in [0.15, 0.2) is 54.6 Å². The molecule has 0 radical (unpaired) electrons. The quantitative estimate of drug-likeness (QED) is 0.726. The fourth-order valence-electron chi connectivity index (χ4n) is 2.54. The molecule has 1 aliphatic heterocycles. The Morgan fingerprint density at radius 3 is 2.42 bits per heavy atom. The van der Waals surface area contributed by atoms with Gasteiger partial charge in [-0.05, 0) is 35.2 Å². The van der Waals surface area contributed by atoms with Gasteiger partial charge in [0, 0.05) is 17.9 Å². The lowest BCUT2D eigenvalue weighted by Crippen LogP contribution is -2.20. The second kappa shape index (κ2) is 4.93. The Hall–Kier alpha value is -2.02. The molecule has 96 valence electrons. The Bertz CT molecular complexity index is 593. The van der Waals surface area contributed by atoms with Crippen LogP contribution in [0.2, 0.25) is 0 Å². The molecule has 0 amide bonds. The number of hydrogen-bond donors (Lipinski definition) is 0. The summed E-state index contributed by atoms with van der Waals surface area (Å²) < 4.78 is 0. The van der Waals surface area contributed by atoms with Crippen LogP contribution >= 0.6 is 0 Å². The van der Waals surface area contributed by atoms with Gasteiger partial charge in [0.05, 0.1) is 0 Å². The SMILES string of the molecule is CC(C)c1ccc(N2CC=Cc3ccccc32)cc1. The summed E-state index contributed by atoms with van der Waals surface area (Å²) >= 11 is 0. The normalized spacial score (nSPS) is 13.7. The summed E-state index contributed by atoms with van der Waals surface area (Å²) in [5, 5.41) is 0. The van der Waals surface area contributed by atoms with Crippen molar-refractivity contribution in [1.29, 1.82) is 0 Å². The molecule has 0 N–H and O–H groups in total. The summed E-state index contributed by atoms with van der Waals surface area (Å²) in [6, 6.07) is 17.5. The van der Waals surface area contributed by atoms with Gasteiger partial charge in [-0.25, -0.2) is 0 Å². The third-order valence-corrected chi connectivity index (χ3v) is 3.68. The second-order valence-electron chi connectivity index (χ2n) is 5.32. The average Bonchev–Trinajstić information content (AvgIpc) is 2.47. The Balaban J connectivity index is 1.97. The molecule has 0 saturated heterocycles. The lowest BCUT2D eigenvalue weighted by atomic mass is 10.0. The first-order valence-corrected chi connectivity index (χ1v) is 6.89. The first-order chi connectivity index (χ1) is 9.25. The number of benzene rings is 2. The van der Waals surface area contributed by atoms with Crippen molar-refractivity contribution in [2.45, 2.75) is 19.8 Å². The predicted octanol–water partition coefficient (Wildman–Crippen LogP) is 4.97. The number of nitrogens with zero attached hydrogens (tertiary/aromatic N) is 1. The maximum atomic E-state index is 2.36. The third kappa shape index (κ3) is 2.28. The van der Waals surface area contributed by atoms with Crippen LogP contribution in [0.5, 0.6) is 0 Å². The molecule has 1 nitrogen and oxygen atoms in total. The highest BCUT2D eigenvalue weighted by Crippen LogP contribution is 2.32. The van der Waals surface area contributed by atoms with Crippen molar-refractivity contribution in [3.8, 4) is 0 Å². The number of anilines is 2. The highest BCUT2D eigenvalue weighted by molar-refractivity contribution is 5.77. The molecule has 0 saturated carbocycles. The molecular weight excluding hydrogens is 230 g/mol. The van der Waals surface area contributed by atoms with Gasteiger partial charge in [0.2, 0.25) is 0 Å². The molecule has 0 spiro atoms. The van der Waals surface area contributed by atoms with Gasteiger partial charge in [-0.2, -0.15) is 0 Å². The van der Waals surface area contributed by atoms with Crippen LogP contribution in [0.1, 0.15) is 30.9 Å².